The van der Waals surface area contributed by atoms with E-state index in [0.717, 1.165) is 10.1 Å². The number of nitrogens with zero attached hydrogens (tertiary/aromatic N) is 4. The lowest BCUT2D eigenvalue weighted by Crippen LogP contribution is -2.45. The number of hydrogen-bond acceptors (Lipinski definition) is 6. The van der Waals surface area contributed by atoms with E-state index in [-0.39, 0.29) is 31.1 Å². The topological polar surface area (TPSA) is 109 Å². The number of nitrogens with one attached hydrogen (secondary N) is 1. The van der Waals surface area contributed by atoms with E-state index >= 15 is 0 Å². The highest BCUT2D eigenvalue weighted by molar-refractivity contribution is 5.76. The largest absolute Gasteiger partial charge is 0.492 e. The number of fused-ring (bicyclic) bond motifs is 1. The number of methoxy groups -OCH3 is 1. The fourth-order valence-corrected chi connectivity index (χ4v) is 3.53. The molecule has 0 aliphatic carbocycles. The molecule has 0 fully saturated rings. The third kappa shape index (κ3) is 5.89. The summed E-state index contributed by atoms with van der Waals surface area (Å²) in [5.74, 6) is 0.417. The Kier molecular flexibility index (Phi) is 8.05. The normalized spacial score (nSPS) is 11.3. The molecule has 0 atom stereocenters. The van der Waals surface area contributed by atoms with Crippen LogP contribution < -0.4 is 21.3 Å². The van der Waals surface area contributed by atoms with E-state index in [1.807, 2.05) is 45.0 Å². The number of aryl methyl sites for hydroxylation is 1. The molecule has 3 rings (SSSR count). The van der Waals surface area contributed by atoms with Gasteiger partial charge < -0.3 is 19.4 Å². The minimum atomic E-state index is -0.552. The molecule has 0 spiro atoms. The zero-order chi connectivity index (χ0) is 24.0. The van der Waals surface area contributed by atoms with Crippen molar-refractivity contribution in [1.29, 1.82) is 0 Å². The highest BCUT2D eigenvalue weighted by Gasteiger charge is 2.20. The molecule has 178 valence electrons. The molecule has 0 bridgehead atoms. The fourth-order valence-electron chi connectivity index (χ4n) is 3.53. The lowest BCUT2D eigenvalue weighted by Gasteiger charge is -2.14. The van der Waals surface area contributed by atoms with Gasteiger partial charge in [-0.25, -0.2) is 14.3 Å². The molecule has 3 aromatic rings. The zero-order valence-electron chi connectivity index (χ0n) is 19.5. The van der Waals surface area contributed by atoms with E-state index in [0.29, 0.717) is 31.1 Å². The number of hydrogen-bond donors (Lipinski definition) is 1. The maximum atomic E-state index is 13.2. The van der Waals surface area contributed by atoms with Crippen molar-refractivity contribution in [2.75, 3.05) is 26.9 Å². The van der Waals surface area contributed by atoms with Crippen molar-refractivity contribution in [2.24, 2.45) is 5.92 Å². The van der Waals surface area contributed by atoms with Crippen molar-refractivity contribution < 1.29 is 14.3 Å². The Hall–Kier alpha value is -3.40. The van der Waals surface area contributed by atoms with Gasteiger partial charge in [-0.05, 0) is 30.5 Å². The predicted molar refractivity (Wildman–Crippen MR) is 125 cm³/mol. The quantitative estimate of drug-likeness (QED) is 0.433. The number of aromatic nitrogens is 4. The number of carbonyl (C=O) groups excluding carboxylic acids is 1. The van der Waals surface area contributed by atoms with Crippen molar-refractivity contribution in [3.05, 3.63) is 57.0 Å². The smallest absolute Gasteiger partial charge is 0.333 e. The minimum absolute atomic E-state index is 0.147. The first-order valence-corrected chi connectivity index (χ1v) is 11.0. The van der Waals surface area contributed by atoms with E-state index in [1.54, 1.807) is 11.7 Å². The van der Waals surface area contributed by atoms with E-state index in [9.17, 15) is 14.4 Å². The van der Waals surface area contributed by atoms with Gasteiger partial charge in [0, 0.05) is 20.2 Å². The summed E-state index contributed by atoms with van der Waals surface area (Å²) in [7, 11) is 1.57. The third-order valence-electron chi connectivity index (χ3n) is 5.05. The van der Waals surface area contributed by atoms with Crippen LogP contribution in [-0.4, -0.2) is 51.5 Å². The molecule has 0 radical (unpaired) electrons. The van der Waals surface area contributed by atoms with Gasteiger partial charge in [0.15, 0.2) is 11.2 Å². The Morgan fingerprint density at radius 1 is 1.18 bits per heavy atom. The minimum Gasteiger partial charge on any atom is -0.492 e. The lowest BCUT2D eigenvalue weighted by molar-refractivity contribution is -0.121. The molecule has 0 saturated carbocycles. The number of ether oxygens (including phenoxy) is 2. The van der Waals surface area contributed by atoms with Crippen LogP contribution in [0.15, 0.2) is 40.2 Å². The summed E-state index contributed by atoms with van der Waals surface area (Å²) in [6, 6.07) is 7.61. The molecule has 2 aromatic heterocycles. The molecule has 33 heavy (non-hydrogen) atoms. The highest BCUT2D eigenvalue weighted by atomic mass is 16.5. The Morgan fingerprint density at radius 2 is 1.97 bits per heavy atom. The third-order valence-corrected chi connectivity index (χ3v) is 5.05. The number of benzene rings is 1. The first-order valence-electron chi connectivity index (χ1n) is 11.0. The molecule has 1 aromatic carbocycles. The predicted octanol–water partition coefficient (Wildman–Crippen LogP) is 1.17. The molecule has 0 unspecified atom stereocenters. The number of amides is 1. The monoisotopic (exact) mass is 457 g/mol. The van der Waals surface area contributed by atoms with Gasteiger partial charge in [0.1, 0.15) is 18.9 Å². The van der Waals surface area contributed by atoms with E-state index in [2.05, 4.69) is 10.3 Å². The molecule has 0 aliphatic rings. The first kappa shape index (κ1) is 24.2. The van der Waals surface area contributed by atoms with Crippen LogP contribution in [0.4, 0.5) is 0 Å². The van der Waals surface area contributed by atoms with Gasteiger partial charge in [-0.15, -0.1) is 0 Å². The second-order valence-electron chi connectivity index (χ2n) is 8.30. The second kappa shape index (κ2) is 11.0. The van der Waals surface area contributed by atoms with Crippen molar-refractivity contribution in [1.82, 2.24) is 24.0 Å². The van der Waals surface area contributed by atoms with Crippen LogP contribution in [-0.2, 0) is 29.2 Å². The summed E-state index contributed by atoms with van der Waals surface area (Å²) >= 11 is 0. The maximum Gasteiger partial charge on any atom is 0.333 e. The molecule has 1 amide bonds. The standard InChI is InChI=1S/C23H31N5O5/c1-16(2)13-27-21-20(26(15-25-21)9-11-32-4)22(30)28(23(27)31)14-19(29)24-8-10-33-18-7-5-6-17(3)12-18/h5-7,12,15-16H,8-11,13-14H2,1-4H3,(H,24,29). The Bertz CT molecular complexity index is 1220. The van der Waals surface area contributed by atoms with Gasteiger partial charge in [0.2, 0.25) is 5.91 Å². The summed E-state index contributed by atoms with van der Waals surface area (Å²) in [5.41, 5.74) is 0.578. The molecule has 0 aliphatic heterocycles. The fraction of sp³-hybridized carbons (Fsp3) is 0.478. The molecular formula is C23H31N5O5. The molecule has 10 heteroatoms. The second-order valence-corrected chi connectivity index (χ2v) is 8.30. The lowest BCUT2D eigenvalue weighted by atomic mass is 10.2. The van der Waals surface area contributed by atoms with Gasteiger partial charge in [0.25, 0.3) is 5.56 Å². The molecular weight excluding hydrogens is 426 g/mol. The summed E-state index contributed by atoms with van der Waals surface area (Å²) in [6.07, 6.45) is 1.52. The van der Waals surface area contributed by atoms with Crippen LogP contribution in [0.1, 0.15) is 19.4 Å². The number of imidazole rings is 1. The van der Waals surface area contributed by atoms with Gasteiger partial charge in [-0.1, -0.05) is 26.0 Å². The van der Waals surface area contributed by atoms with Crippen LogP contribution in [0.2, 0.25) is 0 Å². The van der Waals surface area contributed by atoms with Gasteiger partial charge in [0.05, 0.1) is 19.5 Å². The summed E-state index contributed by atoms with van der Waals surface area (Å²) in [5, 5.41) is 2.71. The van der Waals surface area contributed by atoms with Crippen molar-refractivity contribution in [2.45, 2.75) is 40.4 Å². The van der Waals surface area contributed by atoms with Crippen molar-refractivity contribution in [3.8, 4) is 5.75 Å². The van der Waals surface area contributed by atoms with E-state index < -0.39 is 17.2 Å². The van der Waals surface area contributed by atoms with Crippen molar-refractivity contribution >= 4 is 17.1 Å². The van der Waals surface area contributed by atoms with Crippen LogP contribution in [0.3, 0.4) is 0 Å². The van der Waals surface area contributed by atoms with Crippen LogP contribution in [0.25, 0.3) is 11.2 Å². The maximum absolute atomic E-state index is 13.2. The summed E-state index contributed by atoms with van der Waals surface area (Å²) < 4.78 is 14.8. The Labute approximate surface area is 191 Å². The van der Waals surface area contributed by atoms with Crippen LogP contribution in [0.5, 0.6) is 5.75 Å². The van der Waals surface area contributed by atoms with Crippen molar-refractivity contribution in [3.63, 3.8) is 0 Å². The number of carbonyl (C=O) groups is 1. The molecule has 10 nitrogen and oxygen atoms in total. The average Bonchev–Trinajstić information content (AvgIpc) is 3.19. The molecule has 0 saturated heterocycles. The highest BCUT2D eigenvalue weighted by Crippen LogP contribution is 2.12. The van der Waals surface area contributed by atoms with E-state index in [1.165, 1.54) is 10.9 Å². The summed E-state index contributed by atoms with van der Waals surface area (Å²) in [4.78, 5) is 43.1. The Balaban J connectivity index is 1.78. The van der Waals surface area contributed by atoms with Gasteiger partial charge in [-0.3, -0.25) is 14.2 Å². The van der Waals surface area contributed by atoms with Crippen LogP contribution >= 0.6 is 0 Å². The molecule has 1 N–H and O–H groups in total. The van der Waals surface area contributed by atoms with Gasteiger partial charge in [-0.2, -0.15) is 0 Å². The van der Waals surface area contributed by atoms with Gasteiger partial charge >= 0.3 is 5.69 Å². The average molecular weight is 458 g/mol. The molecule has 2 heterocycles. The zero-order valence-corrected chi connectivity index (χ0v) is 19.5. The number of rotatable bonds is 11. The van der Waals surface area contributed by atoms with E-state index in [4.69, 9.17) is 9.47 Å². The SMILES string of the molecule is COCCn1cnc2c1c(=O)n(CC(=O)NCCOc1cccc(C)c1)c(=O)n2CC(C)C. The Morgan fingerprint density at radius 3 is 2.67 bits per heavy atom. The van der Waals surface area contributed by atoms with Crippen LogP contribution in [0, 0.1) is 12.8 Å². The summed E-state index contributed by atoms with van der Waals surface area (Å²) in [6.45, 7) is 7.21. The first-order chi connectivity index (χ1) is 15.8.